The van der Waals surface area contributed by atoms with E-state index in [0.717, 1.165) is 5.56 Å². The second-order valence-corrected chi connectivity index (χ2v) is 4.14. The van der Waals surface area contributed by atoms with E-state index in [0.29, 0.717) is 12.3 Å². The number of rotatable bonds is 3. The molecule has 1 saturated carbocycles. The normalized spacial score (nSPS) is 18.3. The molecule has 0 bridgehead atoms. The Morgan fingerprint density at radius 1 is 1.36 bits per heavy atom. The Bertz CT molecular complexity index is 281. The molecule has 0 unspecified atom stereocenters. The molecule has 0 spiro atoms. The minimum Gasteiger partial charge on any atom is -0.472 e. The van der Waals surface area contributed by atoms with Crippen molar-refractivity contribution in [2.75, 3.05) is 0 Å². The zero-order valence-corrected chi connectivity index (χ0v) is 8.37. The molecule has 0 aromatic carbocycles. The van der Waals surface area contributed by atoms with Gasteiger partial charge in [0, 0.05) is 6.42 Å². The molecule has 1 aromatic rings. The summed E-state index contributed by atoms with van der Waals surface area (Å²) in [6.45, 7) is 0. The molecule has 2 heteroatoms. The van der Waals surface area contributed by atoms with Crippen molar-refractivity contribution in [3.63, 3.8) is 0 Å². The van der Waals surface area contributed by atoms with Crippen molar-refractivity contribution in [2.45, 2.75) is 38.5 Å². The third-order valence-electron chi connectivity index (χ3n) is 3.04. The van der Waals surface area contributed by atoms with Crippen LogP contribution in [-0.2, 0) is 0 Å². The molecule has 0 saturated heterocycles. The fraction of sp³-hybridized carbons (Fsp3) is 0.583. The second kappa shape index (κ2) is 4.45. The Morgan fingerprint density at radius 2 is 2.14 bits per heavy atom. The van der Waals surface area contributed by atoms with Gasteiger partial charge in [-0.2, -0.15) is 0 Å². The van der Waals surface area contributed by atoms with Crippen LogP contribution in [0.4, 0.5) is 0 Å². The molecule has 1 heterocycles. The number of Topliss-reactive ketones (excluding diaryl/α,β-unsaturated/α-hetero) is 1. The molecule has 1 fully saturated rings. The maximum atomic E-state index is 11.7. The van der Waals surface area contributed by atoms with E-state index in [4.69, 9.17) is 4.42 Å². The van der Waals surface area contributed by atoms with E-state index in [1.165, 1.54) is 32.1 Å². The number of hydrogen-bond acceptors (Lipinski definition) is 2. The lowest BCUT2D eigenvalue weighted by Gasteiger charge is -2.20. The van der Waals surface area contributed by atoms with Crippen molar-refractivity contribution in [2.24, 2.45) is 5.92 Å². The number of furan rings is 1. The first kappa shape index (κ1) is 9.50. The third kappa shape index (κ3) is 2.25. The summed E-state index contributed by atoms with van der Waals surface area (Å²) in [5, 5.41) is 0. The van der Waals surface area contributed by atoms with Gasteiger partial charge in [-0.3, -0.25) is 4.79 Å². The molecule has 1 aliphatic rings. The summed E-state index contributed by atoms with van der Waals surface area (Å²) >= 11 is 0. The lowest BCUT2D eigenvalue weighted by molar-refractivity contribution is 0.0949. The Morgan fingerprint density at radius 3 is 2.79 bits per heavy atom. The topological polar surface area (TPSA) is 30.2 Å². The summed E-state index contributed by atoms with van der Waals surface area (Å²) in [6.07, 6.45) is 10.2. The highest BCUT2D eigenvalue weighted by molar-refractivity contribution is 5.95. The van der Waals surface area contributed by atoms with Gasteiger partial charge in [0.25, 0.3) is 0 Å². The predicted octanol–water partition coefficient (Wildman–Crippen LogP) is 3.43. The quantitative estimate of drug-likeness (QED) is 0.687. The van der Waals surface area contributed by atoms with E-state index in [1.807, 2.05) is 0 Å². The lowest BCUT2D eigenvalue weighted by Crippen LogP contribution is -2.11. The molecule has 0 N–H and O–H groups in total. The first-order valence-corrected chi connectivity index (χ1v) is 5.41. The number of carbonyl (C=O) groups is 1. The molecule has 14 heavy (non-hydrogen) atoms. The zero-order chi connectivity index (χ0) is 9.80. The van der Waals surface area contributed by atoms with Crippen LogP contribution in [0.2, 0.25) is 0 Å². The van der Waals surface area contributed by atoms with Gasteiger partial charge in [0.2, 0.25) is 0 Å². The van der Waals surface area contributed by atoms with Crippen molar-refractivity contribution in [1.29, 1.82) is 0 Å². The summed E-state index contributed by atoms with van der Waals surface area (Å²) in [7, 11) is 0. The van der Waals surface area contributed by atoms with Gasteiger partial charge in [-0.25, -0.2) is 0 Å². The SMILES string of the molecule is O=C(CC1CCCCC1)c1ccoc1. The van der Waals surface area contributed by atoms with Crippen LogP contribution in [0.25, 0.3) is 0 Å². The second-order valence-electron chi connectivity index (χ2n) is 4.14. The summed E-state index contributed by atoms with van der Waals surface area (Å²) < 4.78 is 4.90. The summed E-state index contributed by atoms with van der Waals surface area (Å²) in [6, 6.07) is 1.76. The summed E-state index contributed by atoms with van der Waals surface area (Å²) in [5.74, 6) is 0.858. The first-order chi connectivity index (χ1) is 6.86. The van der Waals surface area contributed by atoms with Crippen molar-refractivity contribution in [1.82, 2.24) is 0 Å². The van der Waals surface area contributed by atoms with Crippen LogP contribution >= 0.6 is 0 Å². The number of ketones is 1. The average Bonchev–Trinajstić information content (AvgIpc) is 2.72. The van der Waals surface area contributed by atoms with E-state index in [9.17, 15) is 4.79 Å². The van der Waals surface area contributed by atoms with Crippen molar-refractivity contribution >= 4 is 5.78 Å². The van der Waals surface area contributed by atoms with Crippen molar-refractivity contribution < 1.29 is 9.21 Å². The number of hydrogen-bond donors (Lipinski definition) is 0. The van der Waals surface area contributed by atoms with E-state index < -0.39 is 0 Å². The molecule has 76 valence electrons. The zero-order valence-electron chi connectivity index (χ0n) is 8.37. The standard InChI is InChI=1S/C12H16O2/c13-12(11-6-7-14-9-11)8-10-4-2-1-3-5-10/h6-7,9-10H,1-5,8H2. The Hall–Kier alpha value is -1.05. The Balaban J connectivity index is 1.87. The average molecular weight is 192 g/mol. The molecular weight excluding hydrogens is 176 g/mol. The minimum absolute atomic E-state index is 0.241. The molecule has 0 aliphatic heterocycles. The monoisotopic (exact) mass is 192 g/mol. The Labute approximate surface area is 84.3 Å². The summed E-state index contributed by atoms with van der Waals surface area (Å²) in [5.41, 5.74) is 0.732. The smallest absolute Gasteiger partial charge is 0.166 e. The Kier molecular flexibility index (Phi) is 3.02. The van der Waals surface area contributed by atoms with Gasteiger partial charge in [-0.15, -0.1) is 0 Å². The summed E-state index contributed by atoms with van der Waals surface area (Å²) in [4.78, 5) is 11.7. The van der Waals surface area contributed by atoms with Gasteiger partial charge in [0.1, 0.15) is 6.26 Å². The molecule has 0 radical (unpaired) electrons. The van der Waals surface area contributed by atoms with Crippen molar-refractivity contribution in [3.05, 3.63) is 24.2 Å². The van der Waals surface area contributed by atoms with Crippen LogP contribution in [0, 0.1) is 5.92 Å². The van der Waals surface area contributed by atoms with Crippen LogP contribution < -0.4 is 0 Å². The van der Waals surface area contributed by atoms with Gasteiger partial charge in [-0.1, -0.05) is 32.1 Å². The van der Waals surface area contributed by atoms with E-state index in [1.54, 1.807) is 18.6 Å². The fourth-order valence-corrected chi connectivity index (χ4v) is 2.19. The van der Waals surface area contributed by atoms with E-state index >= 15 is 0 Å². The van der Waals surface area contributed by atoms with Crippen LogP contribution in [0.15, 0.2) is 23.0 Å². The predicted molar refractivity (Wildman–Crippen MR) is 54.2 cm³/mol. The fourth-order valence-electron chi connectivity index (χ4n) is 2.19. The largest absolute Gasteiger partial charge is 0.472 e. The molecule has 0 amide bonds. The molecule has 0 atom stereocenters. The number of carbonyl (C=O) groups excluding carboxylic acids is 1. The van der Waals surface area contributed by atoms with Gasteiger partial charge >= 0.3 is 0 Å². The maximum Gasteiger partial charge on any atom is 0.166 e. The molecule has 1 aromatic heterocycles. The van der Waals surface area contributed by atoms with Gasteiger partial charge < -0.3 is 4.42 Å². The maximum absolute atomic E-state index is 11.7. The minimum atomic E-state index is 0.241. The van der Waals surface area contributed by atoms with Crippen molar-refractivity contribution in [3.8, 4) is 0 Å². The van der Waals surface area contributed by atoms with Crippen LogP contribution in [0.5, 0.6) is 0 Å². The highest BCUT2D eigenvalue weighted by atomic mass is 16.3. The molecule has 2 rings (SSSR count). The molecule has 1 aliphatic carbocycles. The van der Waals surface area contributed by atoms with Crippen LogP contribution in [0.3, 0.4) is 0 Å². The molecular formula is C12H16O2. The first-order valence-electron chi connectivity index (χ1n) is 5.41. The van der Waals surface area contributed by atoms with E-state index in [2.05, 4.69) is 0 Å². The highest BCUT2D eigenvalue weighted by Gasteiger charge is 2.18. The third-order valence-corrected chi connectivity index (χ3v) is 3.04. The van der Waals surface area contributed by atoms with Gasteiger partial charge in [-0.05, 0) is 12.0 Å². The van der Waals surface area contributed by atoms with E-state index in [-0.39, 0.29) is 5.78 Å². The van der Waals surface area contributed by atoms with Crippen LogP contribution in [-0.4, -0.2) is 5.78 Å². The van der Waals surface area contributed by atoms with Crippen LogP contribution in [0.1, 0.15) is 48.9 Å². The highest BCUT2D eigenvalue weighted by Crippen LogP contribution is 2.27. The van der Waals surface area contributed by atoms with Gasteiger partial charge in [0.15, 0.2) is 5.78 Å². The molecule has 2 nitrogen and oxygen atoms in total. The van der Waals surface area contributed by atoms with Gasteiger partial charge in [0.05, 0.1) is 11.8 Å². The lowest BCUT2D eigenvalue weighted by atomic mass is 9.85.